The van der Waals surface area contributed by atoms with Crippen molar-refractivity contribution in [2.24, 2.45) is 32.9 Å². The van der Waals surface area contributed by atoms with Crippen molar-refractivity contribution in [2.45, 2.75) is 104 Å². The topological polar surface area (TPSA) is 97.5 Å². The number of hydrogen-bond acceptors (Lipinski definition) is 2. The maximum Gasteiger partial charge on any atom is 0.0493 e. The first-order valence-corrected chi connectivity index (χ1v) is 10.2. The molecule has 0 saturated heterocycles. The first-order valence-electron chi connectivity index (χ1n) is 10.2. The summed E-state index contributed by atoms with van der Waals surface area (Å²) in [5.41, 5.74) is 18.0. The highest BCUT2D eigenvalue weighted by Gasteiger charge is 2.57. The SMILES string of the molecule is CCC(C)(CC[C@@H]1[C@@]2(C)CCCC(C)(C)[C@@H]2CC[C@@]1(C)N=[N+]=[N-])N=[N+]=[N-]. The second-order valence-electron chi connectivity index (χ2n) is 10.1. The van der Waals surface area contributed by atoms with Gasteiger partial charge in [-0.05, 0) is 78.7 Å². The van der Waals surface area contributed by atoms with Crippen LogP contribution in [0.15, 0.2) is 10.2 Å². The maximum atomic E-state index is 9.23. The van der Waals surface area contributed by atoms with Crippen molar-refractivity contribution >= 4 is 0 Å². The highest BCUT2D eigenvalue weighted by Crippen LogP contribution is 2.64. The summed E-state index contributed by atoms with van der Waals surface area (Å²) >= 11 is 0. The Morgan fingerprint density at radius 3 is 2.35 bits per heavy atom. The summed E-state index contributed by atoms with van der Waals surface area (Å²) in [6.45, 7) is 13.5. The summed E-state index contributed by atoms with van der Waals surface area (Å²) in [5, 5.41) is 8.42. The summed E-state index contributed by atoms with van der Waals surface area (Å²) < 4.78 is 0. The van der Waals surface area contributed by atoms with E-state index in [1.807, 2.05) is 6.92 Å². The third-order valence-electron chi connectivity index (χ3n) is 8.05. The molecule has 0 radical (unpaired) electrons. The lowest BCUT2D eigenvalue weighted by Crippen LogP contribution is -2.57. The standard InChI is InChI=1S/C20H36N6/c1-7-18(4,23-25-21)13-9-16-19(5)12-8-11-17(2,3)15(19)10-14-20(16,6)24-26-22/h15-16H,7-14H2,1-6H3/t15-,16+,18?,19-,20+/m0/s1. The van der Waals surface area contributed by atoms with Gasteiger partial charge in [0.2, 0.25) is 0 Å². The predicted molar refractivity (Wildman–Crippen MR) is 107 cm³/mol. The van der Waals surface area contributed by atoms with Crippen LogP contribution in [0.25, 0.3) is 20.9 Å². The van der Waals surface area contributed by atoms with Crippen molar-refractivity contribution in [3.63, 3.8) is 0 Å². The van der Waals surface area contributed by atoms with Crippen molar-refractivity contribution in [2.75, 3.05) is 0 Å². The average molecular weight is 361 g/mol. The zero-order valence-electron chi connectivity index (χ0n) is 17.5. The Morgan fingerprint density at radius 2 is 1.77 bits per heavy atom. The normalized spacial score (nSPS) is 38.2. The average Bonchev–Trinajstić information content (AvgIpc) is 2.53. The van der Waals surface area contributed by atoms with E-state index in [-0.39, 0.29) is 16.5 Å². The Kier molecular flexibility index (Phi) is 5.90. The van der Waals surface area contributed by atoms with Crippen molar-refractivity contribution in [1.82, 2.24) is 0 Å². The van der Waals surface area contributed by atoms with Crippen LogP contribution in [0.5, 0.6) is 0 Å². The van der Waals surface area contributed by atoms with Gasteiger partial charge in [0.15, 0.2) is 0 Å². The molecule has 0 aliphatic heterocycles. The van der Waals surface area contributed by atoms with Crippen LogP contribution in [0, 0.1) is 22.7 Å². The Bertz CT molecular complexity index is 618. The molecular weight excluding hydrogens is 324 g/mol. The third-order valence-corrected chi connectivity index (χ3v) is 8.05. The number of fused-ring (bicyclic) bond motifs is 1. The fourth-order valence-corrected chi connectivity index (χ4v) is 6.35. The molecule has 2 saturated carbocycles. The molecule has 0 aromatic heterocycles. The molecule has 1 unspecified atom stereocenters. The first kappa shape index (κ1) is 20.9. The summed E-state index contributed by atoms with van der Waals surface area (Å²) in [7, 11) is 0. The monoisotopic (exact) mass is 360 g/mol. The van der Waals surface area contributed by atoms with Gasteiger partial charge >= 0.3 is 0 Å². The summed E-state index contributed by atoms with van der Waals surface area (Å²) in [5.74, 6) is 0.979. The molecule has 0 aromatic carbocycles. The fraction of sp³-hybridized carbons (Fsp3) is 1.00. The smallest absolute Gasteiger partial charge is 0.0493 e. The van der Waals surface area contributed by atoms with E-state index in [0.717, 1.165) is 32.1 Å². The molecule has 5 atom stereocenters. The van der Waals surface area contributed by atoms with Crippen molar-refractivity contribution in [3.8, 4) is 0 Å². The highest BCUT2D eigenvalue weighted by molar-refractivity contribution is 5.10. The first-order chi connectivity index (χ1) is 12.1. The van der Waals surface area contributed by atoms with Crippen LogP contribution in [-0.2, 0) is 0 Å². The van der Waals surface area contributed by atoms with Gasteiger partial charge in [0.05, 0.1) is 0 Å². The van der Waals surface area contributed by atoms with Gasteiger partial charge in [0, 0.05) is 20.9 Å². The molecule has 6 nitrogen and oxygen atoms in total. The second-order valence-corrected chi connectivity index (χ2v) is 10.1. The number of hydrogen-bond donors (Lipinski definition) is 0. The van der Waals surface area contributed by atoms with Gasteiger partial charge in [-0.15, -0.1) is 0 Å². The molecule has 26 heavy (non-hydrogen) atoms. The van der Waals surface area contributed by atoms with Crippen LogP contribution in [0.2, 0.25) is 0 Å². The van der Waals surface area contributed by atoms with Crippen molar-refractivity contribution in [1.29, 1.82) is 0 Å². The van der Waals surface area contributed by atoms with Crippen LogP contribution in [0.1, 0.15) is 92.9 Å². The zero-order valence-corrected chi connectivity index (χ0v) is 17.5. The van der Waals surface area contributed by atoms with E-state index in [1.165, 1.54) is 19.3 Å². The van der Waals surface area contributed by atoms with Gasteiger partial charge in [0.1, 0.15) is 0 Å². The largest absolute Gasteiger partial charge is 0.0876 e. The highest BCUT2D eigenvalue weighted by atomic mass is 15.2. The molecule has 0 amide bonds. The lowest BCUT2D eigenvalue weighted by molar-refractivity contribution is -0.105. The lowest BCUT2D eigenvalue weighted by Gasteiger charge is -2.62. The van der Waals surface area contributed by atoms with Crippen LogP contribution in [-0.4, -0.2) is 11.1 Å². The van der Waals surface area contributed by atoms with Gasteiger partial charge in [0.25, 0.3) is 0 Å². The Morgan fingerprint density at radius 1 is 1.08 bits per heavy atom. The van der Waals surface area contributed by atoms with E-state index >= 15 is 0 Å². The summed E-state index contributed by atoms with van der Waals surface area (Å²) in [6.07, 6.45) is 8.43. The molecule has 2 fully saturated rings. The van der Waals surface area contributed by atoms with Crippen LogP contribution < -0.4 is 0 Å². The molecular formula is C20H36N6. The molecule has 0 heterocycles. The number of nitrogens with zero attached hydrogens (tertiary/aromatic N) is 6. The van der Waals surface area contributed by atoms with E-state index in [4.69, 9.17) is 5.53 Å². The van der Waals surface area contributed by atoms with Gasteiger partial charge in [-0.1, -0.05) is 58.2 Å². The third kappa shape index (κ3) is 3.68. The number of rotatable bonds is 6. The minimum Gasteiger partial charge on any atom is -0.0876 e. The van der Waals surface area contributed by atoms with Crippen molar-refractivity contribution < 1.29 is 0 Å². The maximum absolute atomic E-state index is 9.23. The molecule has 0 aromatic rings. The minimum absolute atomic E-state index is 0.175. The van der Waals surface area contributed by atoms with Gasteiger partial charge in [-0.25, -0.2) is 0 Å². The molecule has 0 spiro atoms. The summed E-state index contributed by atoms with van der Waals surface area (Å²) in [4.78, 5) is 6.31. The summed E-state index contributed by atoms with van der Waals surface area (Å²) in [6, 6.07) is 0. The van der Waals surface area contributed by atoms with Gasteiger partial charge < -0.3 is 0 Å². The molecule has 0 bridgehead atoms. The lowest BCUT2D eigenvalue weighted by atomic mass is 9.44. The zero-order chi connectivity index (χ0) is 19.6. The van der Waals surface area contributed by atoms with Crippen LogP contribution in [0.4, 0.5) is 0 Å². The molecule has 0 N–H and O–H groups in total. The molecule has 146 valence electrons. The Labute approximate surface area is 158 Å². The van der Waals surface area contributed by atoms with E-state index in [1.54, 1.807) is 0 Å². The van der Waals surface area contributed by atoms with E-state index < -0.39 is 0 Å². The van der Waals surface area contributed by atoms with Gasteiger partial charge in [-0.2, -0.15) is 0 Å². The molecule has 2 aliphatic rings. The van der Waals surface area contributed by atoms with Crippen LogP contribution in [0.3, 0.4) is 0 Å². The van der Waals surface area contributed by atoms with Crippen molar-refractivity contribution in [3.05, 3.63) is 20.9 Å². The van der Waals surface area contributed by atoms with E-state index in [0.29, 0.717) is 17.3 Å². The second kappa shape index (κ2) is 7.32. The molecule has 2 aliphatic carbocycles. The quantitative estimate of drug-likeness (QED) is 0.265. The molecule has 2 rings (SSSR count). The Hall–Kier alpha value is -1.38. The van der Waals surface area contributed by atoms with Gasteiger partial charge in [-0.3, -0.25) is 0 Å². The molecule has 6 heteroatoms. The van der Waals surface area contributed by atoms with E-state index in [9.17, 15) is 5.53 Å². The Balaban J connectivity index is 2.40. The minimum atomic E-state index is -0.362. The van der Waals surface area contributed by atoms with E-state index in [2.05, 4.69) is 54.7 Å². The number of azide groups is 2. The fourth-order valence-electron chi connectivity index (χ4n) is 6.35. The predicted octanol–water partition coefficient (Wildman–Crippen LogP) is 7.56. The van der Waals surface area contributed by atoms with Crippen LogP contribution >= 0.6 is 0 Å².